The van der Waals surface area contributed by atoms with Crippen LogP contribution in [0.1, 0.15) is 32.8 Å². The molecular formula is C28H29N7O2. The number of aromatic nitrogens is 4. The molecule has 0 saturated carbocycles. The molecule has 0 bridgehead atoms. The van der Waals surface area contributed by atoms with Gasteiger partial charge in [0.05, 0.1) is 17.0 Å². The lowest BCUT2D eigenvalue weighted by molar-refractivity contribution is -0.148. The summed E-state index contributed by atoms with van der Waals surface area (Å²) < 4.78 is 1.90. The standard InChI is InChI=1S/C28H29N7O2/c1-4-21-16-33(27(36)28(2,3)37)12-13-34(21)25-24-22(20-8-6-5-7-9-20)17-35(26(24)32-18-31-25)23-14-19(15-29)10-11-30-23/h5-11,14,17-18,21,37H,4,12-13,16H2,1-3H3/t21-/m0/s1. The summed E-state index contributed by atoms with van der Waals surface area (Å²) in [4.78, 5) is 30.7. The van der Waals surface area contributed by atoms with E-state index in [1.165, 1.54) is 13.8 Å². The molecule has 1 N–H and O–H groups in total. The van der Waals surface area contributed by atoms with E-state index >= 15 is 0 Å². The quantitative estimate of drug-likeness (QED) is 0.451. The number of anilines is 1. The number of carbonyl (C=O) groups is 1. The predicted octanol–water partition coefficient (Wildman–Crippen LogP) is 3.55. The number of piperazine rings is 1. The van der Waals surface area contributed by atoms with Gasteiger partial charge in [0.15, 0.2) is 5.65 Å². The Balaban J connectivity index is 1.65. The smallest absolute Gasteiger partial charge is 0.254 e. The molecule has 1 aliphatic heterocycles. The lowest BCUT2D eigenvalue weighted by atomic mass is 10.0. The van der Waals surface area contributed by atoms with Gasteiger partial charge in [-0.3, -0.25) is 9.36 Å². The lowest BCUT2D eigenvalue weighted by Gasteiger charge is -2.43. The van der Waals surface area contributed by atoms with Gasteiger partial charge in [0.2, 0.25) is 0 Å². The molecule has 4 heterocycles. The van der Waals surface area contributed by atoms with Gasteiger partial charge in [0.1, 0.15) is 23.6 Å². The number of fused-ring (bicyclic) bond motifs is 1. The molecular weight excluding hydrogens is 466 g/mol. The number of nitrogens with zero attached hydrogens (tertiary/aromatic N) is 7. The number of pyridine rings is 1. The SMILES string of the molecule is CC[C@H]1CN(C(=O)C(C)(C)O)CCN1c1ncnc2c1c(-c1ccccc1)cn2-c1cc(C#N)ccn1. The van der Waals surface area contributed by atoms with Crippen LogP contribution in [0.25, 0.3) is 28.0 Å². The summed E-state index contributed by atoms with van der Waals surface area (Å²) in [6.07, 6.45) is 5.97. The Hall–Kier alpha value is -4.29. The Morgan fingerprint density at radius 3 is 2.65 bits per heavy atom. The Labute approximate surface area is 215 Å². The van der Waals surface area contributed by atoms with Crippen molar-refractivity contribution in [2.45, 2.75) is 38.8 Å². The summed E-state index contributed by atoms with van der Waals surface area (Å²) in [6.45, 7) is 6.71. The normalized spacial score (nSPS) is 16.1. The van der Waals surface area contributed by atoms with Crippen molar-refractivity contribution >= 4 is 22.8 Å². The van der Waals surface area contributed by atoms with Crippen LogP contribution in [0.5, 0.6) is 0 Å². The first-order chi connectivity index (χ1) is 17.8. The van der Waals surface area contributed by atoms with Crippen molar-refractivity contribution in [3.8, 4) is 23.0 Å². The molecule has 9 nitrogen and oxygen atoms in total. The van der Waals surface area contributed by atoms with Gasteiger partial charge >= 0.3 is 0 Å². The molecule has 37 heavy (non-hydrogen) atoms. The third kappa shape index (κ3) is 4.52. The maximum atomic E-state index is 12.8. The molecule has 1 aliphatic rings. The van der Waals surface area contributed by atoms with Crippen molar-refractivity contribution < 1.29 is 9.90 Å². The van der Waals surface area contributed by atoms with Crippen LogP contribution in [0.2, 0.25) is 0 Å². The third-order valence-corrected chi connectivity index (χ3v) is 6.81. The van der Waals surface area contributed by atoms with Crippen LogP contribution in [-0.4, -0.2) is 66.7 Å². The fraction of sp³-hybridized carbons (Fsp3) is 0.321. The molecule has 1 amide bonds. The summed E-state index contributed by atoms with van der Waals surface area (Å²) >= 11 is 0. The highest BCUT2D eigenvalue weighted by molar-refractivity contribution is 6.02. The summed E-state index contributed by atoms with van der Waals surface area (Å²) in [5.41, 5.74) is 1.77. The summed E-state index contributed by atoms with van der Waals surface area (Å²) in [5.74, 6) is 1.13. The van der Waals surface area contributed by atoms with Crippen molar-refractivity contribution in [3.05, 3.63) is 66.7 Å². The number of carbonyl (C=O) groups excluding carboxylic acids is 1. The van der Waals surface area contributed by atoms with Gasteiger partial charge in [-0.1, -0.05) is 37.3 Å². The number of rotatable bonds is 5. The monoisotopic (exact) mass is 495 g/mol. The minimum atomic E-state index is -1.41. The van der Waals surface area contributed by atoms with Gasteiger partial charge in [-0.2, -0.15) is 5.26 Å². The van der Waals surface area contributed by atoms with Gasteiger partial charge in [-0.05, 0) is 38.0 Å². The zero-order chi connectivity index (χ0) is 26.2. The Morgan fingerprint density at radius 2 is 1.95 bits per heavy atom. The molecule has 1 saturated heterocycles. The number of amides is 1. The van der Waals surface area contributed by atoms with E-state index in [-0.39, 0.29) is 11.9 Å². The van der Waals surface area contributed by atoms with Crippen LogP contribution in [0.3, 0.4) is 0 Å². The second kappa shape index (κ2) is 9.64. The Bertz CT molecular complexity index is 1480. The number of aliphatic hydroxyl groups is 1. The minimum Gasteiger partial charge on any atom is -0.381 e. The topological polar surface area (TPSA) is 111 Å². The molecule has 3 aromatic heterocycles. The van der Waals surface area contributed by atoms with Crippen LogP contribution < -0.4 is 4.90 Å². The molecule has 188 valence electrons. The molecule has 4 aromatic rings. The van der Waals surface area contributed by atoms with E-state index < -0.39 is 5.60 Å². The van der Waals surface area contributed by atoms with Crippen LogP contribution >= 0.6 is 0 Å². The first-order valence-corrected chi connectivity index (χ1v) is 12.4. The van der Waals surface area contributed by atoms with Crippen molar-refractivity contribution in [2.24, 2.45) is 0 Å². The van der Waals surface area contributed by atoms with Gasteiger partial charge in [-0.15, -0.1) is 0 Å². The molecule has 1 fully saturated rings. The van der Waals surface area contributed by atoms with Crippen LogP contribution in [0, 0.1) is 11.3 Å². The van der Waals surface area contributed by atoms with Crippen LogP contribution in [0.15, 0.2) is 61.2 Å². The van der Waals surface area contributed by atoms with E-state index in [0.717, 1.165) is 28.8 Å². The zero-order valence-corrected chi connectivity index (χ0v) is 21.2. The van der Waals surface area contributed by atoms with Crippen molar-refractivity contribution in [2.75, 3.05) is 24.5 Å². The van der Waals surface area contributed by atoms with E-state index in [0.29, 0.717) is 36.7 Å². The molecule has 0 unspecified atom stereocenters. The van der Waals surface area contributed by atoms with E-state index in [1.54, 1.807) is 29.6 Å². The van der Waals surface area contributed by atoms with Gasteiger partial charge in [0, 0.05) is 43.6 Å². The Kier molecular flexibility index (Phi) is 6.36. The highest BCUT2D eigenvalue weighted by atomic mass is 16.3. The molecule has 1 atom stereocenters. The molecule has 1 aromatic carbocycles. The lowest BCUT2D eigenvalue weighted by Crippen LogP contribution is -2.58. The number of nitriles is 1. The Morgan fingerprint density at radius 1 is 1.16 bits per heavy atom. The molecule has 0 radical (unpaired) electrons. The average Bonchev–Trinajstić information content (AvgIpc) is 3.32. The number of hydrogen-bond acceptors (Lipinski definition) is 7. The number of hydrogen-bond donors (Lipinski definition) is 1. The van der Waals surface area contributed by atoms with Gasteiger partial charge < -0.3 is 14.9 Å². The fourth-order valence-electron chi connectivity index (χ4n) is 4.95. The zero-order valence-electron chi connectivity index (χ0n) is 21.2. The first kappa shape index (κ1) is 24.4. The molecule has 0 aliphatic carbocycles. The van der Waals surface area contributed by atoms with E-state index in [4.69, 9.17) is 4.98 Å². The van der Waals surface area contributed by atoms with Crippen molar-refractivity contribution in [1.82, 2.24) is 24.4 Å². The van der Waals surface area contributed by atoms with E-state index in [1.807, 2.05) is 41.1 Å². The number of benzene rings is 1. The maximum Gasteiger partial charge on any atom is 0.254 e. The minimum absolute atomic E-state index is 0.0187. The summed E-state index contributed by atoms with van der Waals surface area (Å²) in [6, 6.07) is 15.7. The van der Waals surface area contributed by atoms with Gasteiger partial charge in [0.25, 0.3) is 5.91 Å². The van der Waals surface area contributed by atoms with Crippen LogP contribution in [-0.2, 0) is 4.79 Å². The van der Waals surface area contributed by atoms with Gasteiger partial charge in [-0.25, -0.2) is 15.0 Å². The molecule has 9 heteroatoms. The highest BCUT2D eigenvalue weighted by Crippen LogP contribution is 2.38. The largest absolute Gasteiger partial charge is 0.381 e. The van der Waals surface area contributed by atoms with Crippen molar-refractivity contribution in [3.63, 3.8) is 0 Å². The average molecular weight is 496 g/mol. The summed E-state index contributed by atoms with van der Waals surface area (Å²) in [7, 11) is 0. The molecule has 5 rings (SSSR count). The third-order valence-electron chi connectivity index (χ3n) is 6.81. The van der Waals surface area contributed by atoms with E-state index in [9.17, 15) is 15.2 Å². The van der Waals surface area contributed by atoms with E-state index in [2.05, 4.69) is 27.9 Å². The van der Waals surface area contributed by atoms with Crippen molar-refractivity contribution in [1.29, 1.82) is 5.26 Å². The van der Waals surface area contributed by atoms with Crippen LogP contribution in [0.4, 0.5) is 5.82 Å². The summed E-state index contributed by atoms with van der Waals surface area (Å²) in [5, 5.41) is 20.6. The second-order valence-electron chi connectivity index (χ2n) is 9.75. The first-order valence-electron chi connectivity index (χ1n) is 12.4. The molecule has 0 spiro atoms. The fourth-order valence-corrected chi connectivity index (χ4v) is 4.95. The second-order valence-corrected chi connectivity index (χ2v) is 9.75. The maximum absolute atomic E-state index is 12.8. The highest BCUT2D eigenvalue weighted by Gasteiger charge is 2.36. The predicted molar refractivity (Wildman–Crippen MR) is 141 cm³/mol.